The highest BCUT2D eigenvalue weighted by molar-refractivity contribution is 6.58. The highest BCUT2D eigenvalue weighted by Crippen LogP contribution is 2.31. The van der Waals surface area contributed by atoms with Crippen molar-refractivity contribution in [2.24, 2.45) is 0 Å². The van der Waals surface area contributed by atoms with Crippen molar-refractivity contribution in [3.8, 4) is 17.1 Å². The van der Waals surface area contributed by atoms with E-state index in [2.05, 4.69) is 14.7 Å². The Morgan fingerprint density at radius 2 is 1.84 bits per heavy atom. The van der Waals surface area contributed by atoms with Gasteiger partial charge in [0.2, 0.25) is 0 Å². The Labute approximate surface area is 138 Å². The number of nitrogens with one attached hydrogen (secondary N) is 1. The number of H-pyrrole nitrogens is 1. The molecule has 0 aliphatic heterocycles. The van der Waals surface area contributed by atoms with E-state index < -0.39 is 24.8 Å². The lowest BCUT2D eigenvalue weighted by atomic mass is 9.79. The van der Waals surface area contributed by atoms with Crippen LogP contribution in [0.25, 0.3) is 22.3 Å². The first-order valence-electron chi connectivity index (χ1n) is 7.00. The molecule has 0 spiro atoms. The van der Waals surface area contributed by atoms with E-state index in [1.165, 1.54) is 12.1 Å². The standard InChI is InChI=1S/C15H10BF3N2O4/c17-15(18,19)25-12-6-5-8(16(23)24)7-10(12)13-20-11-4-2-1-3-9(11)14(22)21-13/h1-7,23-24H,(H,20,21,22). The topological polar surface area (TPSA) is 95.4 Å². The smallest absolute Gasteiger partial charge is 0.423 e. The van der Waals surface area contributed by atoms with Crippen LogP contribution in [0.5, 0.6) is 5.75 Å². The average Bonchev–Trinajstić information content (AvgIpc) is 2.53. The second-order valence-electron chi connectivity index (χ2n) is 5.11. The van der Waals surface area contributed by atoms with Crippen LogP contribution in [0.1, 0.15) is 0 Å². The van der Waals surface area contributed by atoms with E-state index in [1.54, 1.807) is 12.1 Å². The molecule has 25 heavy (non-hydrogen) atoms. The zero-order chi connectivity index (χ0) is 18.2. The lowest BCUT2D eigenvalue weighted by molar-refractivity contribution is -0.274. The van der Waals surface area contributed by atoms with Gasteiger partial charge in [0, 0.05) is 0 Å². The van der Waals surface area contributed by atoms with E-state index in [0.717, 1.165) is 18.2 Å². The van der Waals surface area contributed by atoms with Crippen LogP contribution in [-0.4, -0.2) is 33.5 Å². The van der Waals surface area contributed by atoms with Gasteiger partial charge >= 0.3 is 13.5 Å². The molecule has 0 unspecified atom stereocenters. The van der Waals surface area contributed by atoms with Crippen LogP contribution in [0, 0.1) is 0 Å². The van der Waals surface area contributed by atoms with Crippen molar-refractivity contribution >= 4 is 23.5 Å². The molecule has 0 fully saturated rings. The lowest BCUT2D eigenvalue weighted by Gasteiger charge is -2.14. The number of rotatable bonds is 3. The summed E-state index contributed by atoms with van der Waals surface area (Å²) in [6, 6.07) is 9.34. The van der Waals surface area contributed by atoms with Gasteiger partial charge in [-0.15, -0.1) is 13.2 Å². The Balaban J connectivity index is 2.23. The van der Waals surface area contributed by atoms with E-state index in [0.29, 0.717) is 0 Å². The second-order valence-corrected chi connectivity index (χ2v) is 5.11. The third-order valence-electron chi connectivity index (χ3n) is 3.40. The quantitative estimate of drug-likeness (QED) is 0.617. The van der Waals surface area contributed by atoms with Crippen molar-refractivity contribution < 1.29 is 28.0 Å². The van der Waals surface area contributed by atoms with Crippen LogP contribution in [0.15, 0.2) is 47.3 Å². The van der Waals surface area contributed by atoms with Crippen molar-refractivity contribution in [3.05, 3.63) is 52.8 Å². The molecule has 6 nitrogen and oxygen atoms in total. The van der Waals surface area contributed by atoms with Gasteiger partial charge in [-0.3, -0.25) is 4.79 Å². The maximum Gasteiger partial charge on any atom is 0.573 e. The van der Waals surface area contributed by atoms with Crippen LogP contribution in [-0.2, 0) is 0 Å². The van der Waals surface area contributed by atoms with Crippen LogP contribution < -0.4 is 15.8 Å². The molecular weight excluding hydrogens is 340 g/mol. The van der Waals surface area contributed by atoms with Gasteiger partial charge in [-0.05, 0) is 29.7 Å². The summed E-state index contributed by atoms with van der Waals surface area (Å²) in [4.78, 5) is 18.6. The number of aromatic nitrogens is 2. The third-order valence-corrected chi connectivity index (χ3v) is 3.40. The largest absolute Gasteiger partial charge is 0.573 e. The van der Waals surface area contributed by atoms with Crippen molar-refractivity contribution in [2.45, 2.75) is 6.36 Å². The predicted molar refractivity (Wildman–Crippen MR) is 84.3 cm³/mol. The van der Waals surface area contributed by atoms with E-state index in [4.69, 9.17) is 0 Å². The molecule has 1 aromatic heterocycles. The first-order valence-corrected chi connectivity index (χ1v) is 7.00. The molecule has 1 heterocycles. The zero-order valence-corrected chi connectivity index (χ0v) is 12.4. The Hall–Kier alpha value is -2.85. The summed E-state index contributed by atoms with van der Waals surface area (Å²) < 4.78 is 41.8. The number of benzene rings is 2. The molecule has 0 atom stereocenters. The summed E-state index contributed by atoms with van der Waals surface area (Å²) in [6.07, 6.45) is -4.97. The number of halogens is 3. The van der Waals surface area contributed by atoms with Gasteiger partial charge in [0.1, 0.15) is 11.6 Å². The van der Waals surface area contributed by atoms with Crippen LogP contribution in [0.2, 0.25) is 0 Å². The predicted octanol–water partition coefficient (Wildman–Crippen LogP) is 1.17. The molecule has 2 aromatic carbocycles. The second kappa shape index (κ2) is 6.23. The molecule has 128 valence electrons. The highest BCUT2D eigenvalue weighted by atomic mass is 19.4. The normalized spacial score (nSPS) is 11.6. The number of fused-ring (bicyclic) bond motifs is 1. The number of hydrogen-bond acceptors (Lipinski definition) is 5. The SMILES string of the molecule is O=c1[nH]c(-c2cc(B(O)O)ccc2OC(F)(F)F)nc2ccccc12. The summed E-state index contributed by atoms with van der Waals surface area (Å²) in [5.74, 6) is -0.819. The minimum absolute atomic E-state index is 0.0830. The van der Waals surface area contributed by atoms with Gasteiger partial charge in [0.25, 0.3) is 5.56 Å². The van der Waals surface area contributed by atoms with E-state index in [9.17, 15) is 28.0 Å². The van der Waals surface area contributed by atoms with Crippen molar-refractivity contribution in [1.29, 1.82) is 0 Å². The molecular formula is C15H10BF3N2O4. The Kier molecular flexibility index (Phi) is 4.23. The van der Waals surface area contributed by atoms with E-state index >= 15 is 0 Å². The molecule has 10 heteroatoms. The lowest BCUT2D eigenvalue weighted by Crippen LogP contribution is -2.30. The Bertz CT molecular complexity index is 988. The number of nitrogens with zero attached hydrogens (tertiary/aromatic N) is 1. The van der Waals surface area contributed by atoms with Crippen molar-refractivity contribution in [1.82, 2.24) is 9.97 Å². The Morgan fingerprint density at radius 3 is 2.52 bits per heavy atom. The van der Waals surface area contributed by atoms with Gasteiger partial charge in [-0.1, -0.05) is 18.2 Å². The third kappa shape index (κ3) is 3.64. The molecule has 3 aromatic rings. The fraction of sp³-hybridized carbons (Fsp3) is 0.0667. The van der Waals surface area contributed by atoms with Crippen molar-refractivity contribution in [3.63, 3.8) is 0 Å². The van der Waals surface area contributed by atoms with Crippen LogP contribution in [0.3, 0.4) is 0 Å². The molecule has 0 bridgehead atoms. The summed E-state index contributed by atoms with van der Waals surface area (Å²) in [5.41, 5.74) is -0.589. The number of alkyl halides is 3. The fourth-order valence-electron chi connectivity index (χ4n) is 2.32. The molecule has 3 N–H and O–H groups in total. The number of hydrogen-bond donors (Lipinski definition) is 3. The van der Waals surface area contributed by atoms with E-state index in [-0.39, 0.29) is 27.8 Å². The summed E-state index contributed by atoms with van der Waals surface area (Å²) in [7, 11) is -1.91. The maximum atomic E-state index is 12.6. The van der Waals surface area contributed by atoms with Gasteiger partial charge in [-0.25, -0.2) is 4.98 Å². The highest BCUT2D eigenvalue weighted by Gasteiger charge is 2.33. The first-order chi connectivity index (χ1) is 11.7. The van der Waals surface area contributed by atoms with Gasteiger partial charge in [0.05, 0.1) is 16.5 Å². The fourth-order valence-corrected chi connectivity index (χ4v) is 2.32. The molecule has 0 amide bonds. The first kappa shape index (κ1) is 17.0. The maximum absolute atomic E-state index is 12.6. The molecule has 0 aliphatic carbocycles. The molecule has 0 saturated heterocycles. The van der Waals surface area contributed by atoms with Crippen molar-refractivity contribution in [2.75, 3.05) is 0 Å². The van der Waals surface area contributed by atoms with Gasteiger partial charge < -0.3 is 19.8 Å². The molecule has 0 saturated carbocycles. The summed E-state index contributed by atoms with van der Waals surface area (Å²) >= 11 is 0. The Morgan fingerprint density at radius 1 is 1.12 bits per heavy atom. The number of aromatic amines is 1. The zero-order valence-electron chi connectivity index (χ0n) is 12.4. The van der Waals surface area contributed by atoms with Crippen LogP contribution in [0.4, 0.5) is 13.2 Å². The van der Waals surface area contributed by atoms with Crippen LogP contribution >= 0.6 is 0 Å². The number of para-hydroxylation sites is 1. The monoisotopic (exact) mass is 350 g/mol. The van der Waals surface area contributed by atoms with E-state index in [1.807, 2.05) is 0 Å². The average molecular weight is 350 g/mol. The molecule has 0 aliphatic rings. The number of ether oxygens (including phenoxy) is 1. The van der Waals surface area contributed by atoms with Gasteiger partial charge in [0.15, 0.2) is 0 Å². The molecule has 0 radical (unpaired) electrons. The minimum atomic E-state index is -4.97. The summed E-state index contributed by atoms with van der Waals surface area (Å²) in [6.45, 7) is 0. The summed E-state index contributed by atoms with van der Waals surface area (Å²) in [5, 5.41) is 18.8. The van der Waals surface area contributed by atoms with Gasteiger partial charge in [-0.2, -0.15) is 0 Å². The minimum Gasteiger partial charge on any atom is -0.423 e. The molecule has 3 rings (SSSR count).